The average Bonchev–Trinajstić information content (AvgIpc) is 2.47. The number of benzene rings is 2. The van der Waals surface area contributed by atoms with Gasteiger partial charge in [-0.2, -0.15) is 0 Å². The molecule has 0 aliphatic heterocycles. The van der Waals surface area contributed by atoms with Crippen LogP contribution in [0.25, 0.3) is 5.57 Å². The summed E-state index contributed by atoms with van der Waals surface area (Å²) in [6.07, 6.45) is 4.51. The fraction of sp³-hybridized carbons (Fsp3) is 0.176. The molecule has 3 rings (SSSR count). The van der Waals surface area contributed by atoms with Crippen molar-refractivity contribution in [3.63, 3.8) is 0 Å². The first-order valence-electron chi connectivity index (χ1n) is 6.62. The molecule has 0 bridgehead atoms. The second-order valence-electron chi connectivity index (χ2n) is 4.71. The largest absolute Gasteiger partial charge is 0.326 e. The second-order valence-corrected chi connectivity index (χ2v) is 5.85. The Bertz CT molecular complexity index is 602. The van der Waals surface area contributed by atoms with Crippen molar-refractivity contribution in [1.29, 1.82) is 0 Å². The van der Waals surface area contributed by atoms with Gasteiger partial charge in [0.15, 0.2) is 0 Å². The minimum absolute atomic E-state index is 0.637. The van der Waals surface area contributed by atoms with Crippen LogP contribution in [0, 0.1) is 0 Å². The normalized spacial score (nSPS) is 13.8. The predicted molar refractivity (Wildman–Crippen MR) is 82.4 cm³/mol. The van der Waals surface area contributed by atoms with E-state index in [-0.39, 0.29) is 0 Å². The molecule has 0 atom stereocenters. The lowest BCUT2D eigenvalue weighted by molar-refractivity contribution is 0.960. The smallest absolute Gasteiger partial charge is 0.0181 e. The summed E-state index contributed by atoms with van der Waals surface area (Å²) in [5.74, 6) is 0. The first kappa shape index (κ1) is 12.5. The van der Waals surface area contributed by atoms with E-state index in [1.165, 1.54) is 26.5 Å². The van der Waals surface area contributed by atoms with Crippen molar-refractivity contribution >= 4 is 17.3 Å². The SMILES string of the molecule is NCC1=CCCc2cc(Sc3ccccc3)ccc21. The maximum Gasteiger partial charge on any atom is 0.0181 e. The van der Waals surface area contributed by atoms with Crippen molar-refractivity contribution in [2.24, 2.45) is 5.73 Å². The van der Waals surface area contributed by atoms with E-state index in [0.29, 0.717) is 6.54 Å². The van der Waals surface area contributed by atoms with Crippen molar-refractivity contribution in [1.82, 2.24) is 0 Å². The number of nitrogens with two attached hydrogens (primary N) is 1. The zero-order valence-corrected chi connectivity index (χ0v) is 11.6. The Morgan fingerprint density at radius 1 is 1.00 bits per heavy atom. The number of rotatable bonds is 3. The van der Waals surface area contributed by atoms with Crippen LogP contribution in [-0.4, -0.2) is 6.54 Å². The minimum Gasteiger partial charge on any atom is -0.326 e. The van der Waals surface area contributed by atoms with E-state index in [0.717, 1.165) is 12.8 Å². The molecule has 1 aliphatic carbocycles. The first-order valence-corrected chi connectivity index (χ1v) is 7.44. The van der Waals surface area contributed by atoms with E-state index < -0.39 is 0 Å². The van der Waals surface area contributed by atoms with Gasteiger partial charge in [-0.15, -0.1) is 0 Å². The van der Waals surface area contributed by atoms with Gasteiger partial charge in [-0.05, 0) is 53.8 Å². The van der Waals surface area contributed by atoms with Crippen molar-refractivity contribution < 1.29 is 0 Å². The molecule has 96 valence electrons. The molecular weight excluding hydrogens is 250 g/mol. The van der Waals surface area contributed by atoms with Crippen LogP contribution in [0.1, 0.15) is 17.5 Å². The fourth-order valence-electron chi connectivity index (χ4n) is 2.48. The van der Waals surface area contributed by atoms with Crippen LogP contribution in [0.15, 0.2) is 64.4 Å². The number of allylic oxidation sites excluding steroid dienone is 1. The van der Waals surface area contributed by atoms with E-state index in [4.69, 9.17) is 5.73 Å². The van der Waals surface area contributed by atoms with E-state index in [9.17, 15) is 0 Å². The number of fused-ring (bicyclic) bond motifs is 1. The molecular formula is C17H17NS. The molecule has 0 saturated carbocycles. The fourth-order valence-corrected chi connectivity index (χ4v) is 3.39. The van der Waals surface area contributed by atoms with Gasteiger partial charge in [0, 0.05) is 16.3 Å². The van der Waals surface area contributed by atoms with E-state index in [2.05, 4.69) is 54.6 Å². The molecule has 0 spiro atoms. The zero-order valence-electron chi connectivity index (χ0n) is 10.8. The van der Waals surface area contributed by atoms with Crippen molar-refractivity contribution in [3.05, 3.63) is 65.7 Å². The minimum atomic E-state index is 0.637. The Hall–Kier alpha value is -1.51. The van der Waals surface area contributed by atoms with E-state index >= 15 is 0 Å². The molecule has 0 radical (unpaired) electrons. The van der Waals surface area contributed by atoms with Crippen molar-refractivity contribution in [2.45, 2.75) is 22.6 Å². The molecule has 1 nitrogen and oxygen atoms in total. The van der Waals surface area contributed by atoms with Gasteiger partial charge in [0.25, 0.3) is 0 Å². The second kappa shape index (κ2) is 5.64. The Labute approximate surface area is 118 Å². The summed E-state index contributed by atoms with van der Waals surface area (Å²) in [4.78, 5) is 2.59. The van der Waals surface area contributed by atoms with Crippen LogP contribution in [-0.2, 0) is 6.42 Å². The van der Waals surface area contributed by atoms with Crippen LogP contribution in [0.3, 0.4) is 0 Å². The Balaban J connectivity index is 1.88. The molecule has 0 amide bonds. The van der Waals surface area contributed by atoms with Crippen LogP contribution >= 0.6 is 11.8 Å². The topological polar surface area (TPSA) is 26.0 Å². The summed E-state index contributed by atoms with van der Waals surface area (Å²) in [7, 11) is 0. The van der Waals surface area contributed by atoms with Crippen LogP contribution in [0.2, 0.25) is 0 Å². The third-order valence-electron chi connectivity index (χ3n) is 3.43. The lowest BCUT2D eigenvalue weighted by Crippen LogP contribution is -2.08. The molecule has 0 heterocycles. The van der Waals surface area contributed by atoms with Gasteiger partial charge in [-0.25, -0.2) is 0 Å². The van der Waals surface area contributed by atoms with Crippen LogP contribution in [0.5, 0.6) is 0 Å². The van der Waals surface area contributed by atoms with Gasteiger partial charge in [0.05, 0.1) is 0 Å². The summed E-state index contributed by atoms with van der Waals surface area (Å²) >= 11 is 1.82. The van der Waals surface area contributed by atoms with E-state index in [1.807, 2.05) is 11.8 Å². The number of aryl methyl sites for hydroxylation is 1. The molecule has 1 aliphatic rings. The molecule has 0 saturated heterocycles. The van der Waals surface area contributed by atoms with Crippen molar-refractivity contribution in [2.75, 3.05) is 6.54 Å². The zero-order chi connectivity index (χ0) is 13.1. The third-order valence-corrected chi connectivity index (χ3v) is 4.42. The lowest BCUT2D eigenvalue weighted by atomic mass is 9.91. The highest BCUT2D eigenvalue weighted by Crippen LogP contribution is 2.33. The molecule has 0 fully saturated rings. The van der Waals surface area contributed by atoms with Crippen LogP contribution < -0.4 is 5.73 Å². The molecule has 2 aromatic carbocycles. The predicted octanol–water partition coefficient (Wildman–Crippen LogP) is 4.13. The quantitative estimate of drug-likeness (QED) is 0.905. The molecule has 19 heavy (non-hydrogen) atoms. The highest BCUT2D eigenvalue weighted by Gasteiger charge is 2.12. The average molecular weight is 267 g/mol. The summed E-state index contributed by atoms with van der Waals surface area (Å²) in [5.41, 5.74) is 9.87. The first-order chi connectivity index (χ1) is 9.36. The Morgan fingerprint density at radius 2 is 1.84 bits per heavy atom. The molecule has 2 aromatic rings. The third kappa shape index (κ3) is 2.75. The highest BCUT2D eigenvalue weighted by molar-refractivity contribution is 7.99. The van der Waals surface area contributed by atoms with Gasteiger partial charge in [-0.3, -0.25) is 0 Å². The van der Waals surface area contributed by atoms with Gasteiger partial charge in [-0.1, -0.05) is 42.1 Å². The number of hydrogen-bond donors (Lipinski definition) is 1. The van der Waals surface area contributed by atoms with E-state index in [1.54, 1.807) is 0 Å². The summed E-state index contributed by atoms with van der Waals surface area (Å²) in [6, 6.07) is 17.2. The van der Waals surface area contributed by atoms with Gasteiger partial charge < -0.3 is 5.73 Å². The monoisotopic (exact) mass is 267 g/mol. The highest BCUT2D eigenvalue weighted by atomic mass is 32.2. The Morgan fingerprint density at radius 3 is 2.63 bits per heavy atom. The maximum absolute atomic E-state index is 5.81. The molecule has 2 heteroatoms. The Kier molecular flexibility index (Phi) is 3.72. The summed E-state index contributed by atoms with van der Waals surface area (Å²) in [6.45, 7) is 0.637. The van der Waals surface area contributed by atoms with Gasteiger partial charge >= 0.3 is 0 Å². The molecule has 2 N–H and O–H groups in total. The van der Waals surface area contributed by atoms with Gasteiger partial charge in [0.1, 0.15) is 0 Å². The maximum atomic E-state index is 5.81. The van der Waals surface area contributed by atoms with Gasteiger partial charge in [0.2, 0.25) is 0 Å². The molecule has 0 unspecified atom stereocenters. The lowest BCUT2D eigenvalue weighted by Gasteiger charge is -2.17. The van der Waals surface area contributed by atoms with Crippen molar-refractivity contribution in [3.8, 4) is 0 Å². The standard InChI is InChI=1S/C17H17NS/c18-12-14-6-4-5-13-11-16(9-10-17(13)14)19-15-7-2-1-3-8-15/h1-3,6-11H,4-5,12,18H2. The summed E-state index contributed by atoms with van der Waals surface area (Å²) in [5, 5.41) is 0. The van der Waals surface area contributed by atoms with Crippen LogP contribution in [0.4, 0.5) is 0 Å². The molecule has 0 aromatic heterocycles. The summed E-state index contributed by atoms with van der Waals surface area (Å²) < 4.78 is 0. The number of hydrogen-bond acceptors (Lipinski definition) is 2.